The molecule has 22 heavy (non-hydrogen) atoms. The van der Waals surface area contributed by atoms with E-state index in [9.17, 15) is 4.79 Å². The van der Waals surface area contributed by atoms with Crippen LogP contribution in [-0.4, -0.2) is 30.6 Å². The number of amides is 1. The monoisotopic (exact) mass is 346 g/mol. The maximum atomic E-state index is 12.3. The number of hydrogen-bond acceptors (Lipinski definition) is 3. The highest BCUT2D eigenvalue weighted by Crippen LogP contribution is 2.19. The summed E-state index contributed by atoms with van der Waals surface area (Å²) >= 11 is 5.91. The lowest BCUT2D eigenvalue weighted by Crippen LogP contribution is -2.57. The van der Waals surface area contributed by atoms with Crippen molar-refractivity contribution in [3.8, 4) is 5.75 Å². The van der Waals surface area contributed by atoms with Crippen molar-refractivity contribution in [3.63, 3.8) is 0 Å². The minimum Gasteiger partial charge on any atom is -0.481 e. The van der Waals surface area contributed by atoms with Crippen molar-refractivity contribution >= 4 is 29.9 Å². The summed E-state index contributed by atoms with van der Waals surface area (Å²) in [6, 6.07) is 7.49. The highest BCUT2D eigenvalue weighted by atomic mass is 35.5. The van der Waals surface area contributed by atoms with Gasteiger partial charge in [-0.15, -0.1) is 12.4 Å². The lowest BCUT2D eigenvalue weighted by molar-refractivity contribution is -0.128. The van der Waals surface area contributed by atoms with Crippen molar-refractivity contribution in [1.82, 2.24) is 10.6 Å². The van der Waals surface area contributed by atoms with E-state index in [1.54, 1.807) is 31.2 Å². The summed E-state index contributed by atoms with van der Waals surface area (Å²) in [5.74, 6) is 0.971. The van der Waals surface area contributed by atoms with Crippen LogP contribution < -0.4 is 15.4 Å². The number of carbonyl (C=O) groups excluding carboxylic acids is 1. The van der Waals surface area contributed by atoms with Gasteiger partial charge in [-0.2, -0.15) is 0 Å². The van der Waals surface area contributed by atoms with E-state index in [2.05, 4.69) is 24.5 Å². The number of nitrogens with one attached hydrogen (secondary N) is 2. The predicted molar refractivity (Wildman–Crippen MR) is 92.0 cm³/mol. The van der Waals surface area contributed by atoms with Crippen LogP contribution in [0.2, 0.25) is 5.02 Å². The van der Waals surface area contributed by atoms with Gasteiger partial charge < -0.3 is 15.4 Å². The van der Waals surface area contributed by atoms with Crippen molar-refractivity contribution in [2.45, 2.75) is 45.4 Å². The summed E-state index contributed by atoms with van der Waals surface area (Å²) in [7, 11) is 0. The fourth-order valence-corrected chi connectivity index (χ4v) is 2.87. The number of benzene rings is 1. The summed E-state index contributed by atoms with van der Waals surface area (Å²) in [5, 5.41) is 7.08. The normalized spacial score (nSPS) is 25.7. The van der Waals surface area contributed by atoms with Crippen LogP contribution in [0.5, 0.6) is 5.75 Å². The van der Waals surface area contributed by atoms with E-state index in [0.717, 1.165) is 13.0 Å². The molecule has 4 unspecified atom stereocenters. The summed E-state index contributed by atoms with van der Waals surface area (Å²) in [6.45, 7) is 7.03. The summed E-state index contributed by atoms with van der Waals surface area (Å²) in [5.41, 5.74) is 0. The van der Waals surface area contributed by atoms with E-state index < -0.39 is 6.10 Å². The Morgan fingerprint density at radius 3 is 2.82 bits per heavy atom. The molecule has 0 radical (unpaired) electrons. The molecule has 0 bridgehead atoms. The van der Waals surface area contributed by atoms with Gasteiger partial charge >= 0.3 is 0 Å². The molecule has 1 amide bonds. The van der Waals surface area contributed by atoms with Gasteiger partial charge in [0, 0.05) is 17.1 Å². The Balaban J connectivity index is 0.00000242. The van der Waals surface area contributed by atoms with Gasteiger partial charge in [0.15, 0.2) is 6.10 Å². The number of ether oxygens (including phenoxy) is 1. The number of carbonyl (C=O) groups is 1. The molecule has 0 aliphatic carbocycles. The zero-order chi connectivity index (χ0) is 15.4. The van der Waals surface area contributed by atoms with E-state index in [0.29, 0.717) is 16.7 Å². The van der Waals surface area contributed by atoms with Crippen molar-refractivity contribution in [3.05, 3.63) is 29.3 Å². The van der Waals surface area contributed by atoms with Crippen LogP contribution in [-0.2, 0) is 4.79 Å². The van der Waals surface area contributed by atoms with E-state index >= 15 is 0 Å². The number of piperidine rings is 1. The third-order valence-electron chi connectivity index (χ3n) is 4.00. The Kier molecular flexibility index (Phi) is 7.46. The molecule has 0 aromatic heterocycles. The predicted octanol–water partition coefficient (Wildman–Crippen LogP) is 3.03. The van der Waals surface area contributed by atoms with Crippen molar-refractivity contribution in [1.29, 1.82) is 0 Å². The van der Waals surface area contributed by atoms with Gasteiger partial charge in [-0.3, -0.25) is 4.79 Å². The molecule has 0 saturated carbocycles. The molecule has 1 heterocycles. The maximum absolute atomic E-state index is 12.3. The van der Waals surface area contributed by atoms with Crippen LogP contribution in [0, 0.1) is 5.92 Å². The molecule has 1 aromatic carbocycles. The Morgan fingerprint density at radius 2 is 2.18 bits per heavy atom. The average molecular weight is 347 g/mol. The fraction of sp³-hybridized carbons (Fsp3) is 0.562. The molecule has 2 rings (SSSR count). The summed E-state index contributed by atoms with van der Waals surface area (Å²) in [6.07, 6.45) is 0.517. The van der Waals surface area contributed by atoms with Gasteiger partial charge in [0.2, 0.25) is 0 Å². The molecular weight excluding hydrogens is 323 g/mol. The first-order chi connectivity index (χ1) is 9.97. The second-order valence-corrected chi connectivity index (χ2v) is 6.20. The lowest BCUT2D eigenvalue weighted by Gasteiger charge is -2.36. The zero-order valence-electron chi connectivity index (χ0n) is 13.1. The Morgan fingerprint density at radius 1 is 1.45 bits per heavy atom. The number of rotatable bonds is 4. The molecular formula is C16H24Cl2N2O2. The second-order valence-electron chi connectivity index (χ2n) is 5.76. The van der Waals surface area contributed by atoms with Gasteiger partial charge in [-0.1, -0.05) is 24.6 Å². The average Bonchev–Trinajstić information content (AvgIpc) is 2.43. The highest BCUT2D eigenvalue weighted by molar-refractivity contribution is 6.30. The fourth-order valence-electron chi connectivity index (χ4n) is 2.68. The Labute approximate surface area is 143 Å². The van der Waals surface area contributed by atoms with Gasteiger partial charge in [0.05, 0.1) is 0 Å². The van der Waals surface area contributed by atoms with Crippen molar-refractivity contribution in [2.75, 3.05) is 6.54 Å². The molecule has 124 valence electrons. The minimum atomic E-state index is -0.551. The number of halogens is 2. The molecule has 1 fully saturated rings. The molecule has 1 aliphatic heterocycles. The summed E-state index contributed by atoms with van der Waals surface area (Å²) in [4.78, 5) is 12.3. The topological polar surface area (TPSA) is 50.4 Å². The van der Waals surface area contributed by atoms with Crippen LogP contribution in [0.4, 0.5) is 0 Å². The van der Waals surface area contributed by atoms with Gasteiger partial charge in [0.1, 0.15) is 5.75 Å². The molecule has 0 spiro atoms. The van der Waals surface area contributed by atoms with Crippen molar-refractivity contribution in [2.24, 2.45) is 5.92 Å². The minimum absolute atomic E-state index is 0. The molecule has 4 nitrogen and oxygen atoms in total. The molecule has 6 heteroatoms. The van der Waals surface area contributed by atoms with E-state index in [1.807, 2.05) is 0 Å². The summed E-state index contributed by atoms with van der Waals surface area (Å²) < 4.78 is 5.65. The third kappa shape index (κ3) is 5.04. The highest BCUT2D eigenvalue weighted by Gasteiger charge is 2.30. The second kappa shape index (κ2) is 8.61. The molecule has 4 atom stereocenters. The molecule has 1 aromatic rings. The quantitative estimate of drug-likeness (QED) is 0.880. The van der Waals surface area contributed by atoms with Crippen LogP contribution in [0.3, 0.4) is 0 Å². The molecule has 1 aliphatic rings. The first kappa shape index (κ1) is 19.1. The van der Waals surface area contributed by atoms with Gasteiger partial charge in [-0.05, 0) is 50.9 Å². The van der Waals surface area contributed by atoms with Gasteiger partial charge in [0.25, 0.3) is 5.91 Å². The first-order valence-electron chi connectivity index (χ1n) is 7.43. The maximum Gasteiger partial charge on any atom is 0.261 e. The van der Waals surface area contributed by atoms with Crippen molar-refractivity contribution < 1.29 is 9.53 Å². The van der Waals surface area contributed by atoms with E-state index in [1.165, 1.54) is 0 Å². The largest absolute Gasteiger partial charge is 0.481 e. The van der Waals surface area contributed by atoms with Crippen LogP contribution in [0.15, 0.2) is 24.3 Å². The SMILES string of the molecule is CC(Oc1cccc(Cl)c1)C(=O)NC1C(C)CCNC1C.Cl. The van der Waals surface area contributed by atoms with Gasteiger partial charge in [-0.25, -0.2) is 0 Å². The van der Waals surface area contributed by atoms with Crippen LogP contribution in [0.25, 0.3) is 0 Å². The first-order valence-corrected chi connectivity index (χ1v) is 7.81. The zero-order valence-corrected chi connectivity index (χ0v) is 14.7. The molecule has 1 saturated heterocycles. The smallest absolute Gasteiger partial charge is 0.261 e. The third-order valence-corrected chi connectivity index (χ3v) is 4.24. The Bertz CT molecular complexity index is 489. The van der Waals surface area contributed by atoms with Crippen LogP contribution >= 0.6 is 24.0 Å². The lowest BCUT2D eigenvalue weighted by atomic mass is 9.89. The standard InChI is InChI=1S/C16H23ClN2O2.ClH/c1-10-7-8-18-11(2)15(10)19-16(20)12(3)21-14-6-4-5-13(17)9-14;/h4-6,9-12,15,18H,7-8H2,1-3H3,(H,19,20);1H. The molecule has 2 N–H and O–H groups in total. The number of hydrogen-bond donors (Lipinski definition) is 2. The van der Waals surface area contributed by atoms with Crippen LogP contribution in [0.1, 0.15) is 27.2 Å². The Hall–Kier alpha value is -0.970. The van der Waals surface area contributed by atoms with E-state index in [-0.39, 0.29) is 30.4 Å². The van der Waals surface area contributed by atoms with E-state index in [4.69, 9.17) is 16.3 Å².